The first kappa shape index (κ1) is 24.0. The lowest BCUT2D eigenvalue weighted by Crippen LogP contribution is -2.50. The molecule has 1 aromatic carbocycles. The number of aromatic nitrogens is 2. The smallest absolute Gasteiger partial charge is 0.380 e. The summed E-state index contributed by atoms with van der Waals surface area (Å²) < 4.78 is 45.3. The maximum Gasteiger partial charge on any atom is 0.416 e. The number of benzene rings is 1. The summed E-state index contributed by atoms with van der Waals surface area (Å²) in [5, 5.41) is 20.7. The molecule has 1 aliphatic carbocycles. The van der Waals surface area contributed by atoms with Crippen LogP contribution in [0.2, 0.25) is 0 Å². The zero-order valence-corrected chi connectivity index (χ0v) is 18.7. The molecule has 0 radical (unpaired) electrons. The SMILES string of the molecule is CC1(CN[C@@H]2CC[C@H](n3cc(C(N)=O)c(Nc4ccc(C(F)(F)F)cc4)n3)[C@@H](C#N)C2)COC1. The van der Waals surface area contributed by atoms with Crippen molar-refractivity contribution in [3.63, 3.8) is 0 Å². The molecule has 1 saturated heterocycles. The lowest BCUT2D eigenvalue weighted by molar-refractivity contribution is -0.137. The minimum atomic E-state index is -4.44. The summed E-state index contributed by atoms with van der Waals surface area (Å²) in [5.74, 6) is -0.904. The molecule has 1 amide bonds. The van der Waals surface area contributed by atoms with Gasteiger partial charge in [-0.2, -0.15) is 23.5 Å². The molecule has 8 nitrogen and oxygen atoms in total. The van der Waals surface area contributed by atoms with Gasteiger partial charge in [0.05, 0.1) is 36.8 Å². The van der Waals surface area contributed by atoms with Gasteiger partial charge >= 0.3 is 6.18 Å². The standard InChI is InChI=1S/C23H27F3N6O2/c1-22(12-34-13-22)11-29-17-6-7-19(14(8-17)9-27)32-10-18(20(28)33)21(31-32)30-16-4-2-15(3-5-16)23(24,25)26/h2-5,10,14,17,19,29H,6-8,11-13H2,1H3,(H2,28,33)(H,30,31)/t14-,17-,19+/m1/s1. The maximum absolute atomic E-state index is 12.8. The number of alkyl halides is 3. The average molecular weight is 477 g/mol. The van der Waals surface area contributed by atoms with Crippen molar-refractivity contribution in [2.75, 3.05) is 25.1 Å². The normalized spacial score (nSPS) is 24.1. The van der Waals surface area contributed by atoms with E-state index < -0.39 is 17.6 Å². The predicted molar refractivity (Wildman–Crippen MR) is 118 cm³/mol. The Kier molecular flexibility index (Phi) is 6.55. The summed E-state index contributed by atoms with van der Waals surface area (Å²) in [7, 11) is 0. The number of carbonyl (C=O) groups excluding carboxylic acids is 1. The highest BCUT2D eigenvalue weighted by atomic mass is 19.4. The van der Waals surface area contributed by atoms with Gasteiger partial charge in [0.2, 0.25) is 0 Å². The van der Waals surface area contributed by atoms with E-state index in [0.29, 0.717) is 18.5 Å². The second-order valence-corrected chi connectivity index (χ2v) is 9.43. The Morgan fingerprint density at radius 3 is 2.59 bits per heavy atom. The Bertz CT molecular complexity index is 1070. The molecule has 182 valence electrons. The molecule has 2 aromatic rings. The Morgan fingerprint density at radius 1 is 1.32 bits per heavy atom. The van der Waals surface area contributed by atoms with Gasteiger partial charge in [0.1, 0.15) is 5.56 Å². The van der Waals surface area contributed by atoms with Crippen LogP contribution in [-0.2, 0) is 10.9 Å². The summed E-state index contributed by atoms with van der Waals surface area (Å²) in [6, 6.07) is 6.73. The Hall–Kier alpha value is -3.10. The van der Waals surface area contributed by atoms with E-state index in [-0.39, 0.29) is 34.8 Å². The van der Waals surface area contributed by atoms with E-state index in [2.05, 4.69) is 28.7 Å². The average Bonchev–Trinajstić information content (AvgIpc) is 3.19. The first-order valence-electron chi connectivity index (χ1n) is 11.1. The number of amides is 1. The molecule has 4 N–H and O–H groups in total. The highest BCUT2D eigenvalue weighted by Crippen LogP contribution is 2.36. The number of halogens is 3. The third-order valence-electron chi connectivity index (χ3n) is 6.51. The number of carbonyl (C=O) groups is 1. The topological polar surface area (TPSA) is 118 Å². The van der Waals surface area contributed by atoms with Crippen LogP contribution in [0.3, 0.4) is 0 Å². The van der Waals surface area contributed by atoms with Crippen molar-refractivity contribution in [1.29, 1.82) is 5.26 Å². The van der Waals surface area contributed by atoms with E-state index in [0.717, 1.165) is 38.3 Å². The molecular weight excluding hydrogens is 449 g/mol. The van der Waals surface area contributed by atoms with Gasteiger partial charge in [-0.3, -0.25) is 9.48 Å². The number of nitrogens with one attached hydrogen (secondary N) is 2. The van der Waals surface area contributed by atoms with Gasteiger partial charge in [0, 0.05) is 29.9 Å². The first-order chi connectivity index (χ1) is 16.1. The highest BCUT2D eigenvalue weighted by molar-refractivity contribution is 5.98. The predicted octanol–water partition coefficient (Wildman–Crippen LogP) is 3.60. The fraction of sp³-hybridized carbons (Fsp3) is 0.522. The number of rotatable bonds is 7. The molecule has 1 aromatic heterocycles. The monoisotopic (exact) mass is 476 g/mol. The minimum absolute atomic E-state index is 0.106. The molecule has 1 saturated carbocycles. The van der Waals surface area contributed by atoms with Crippen LogP contribution in [0.25, 0.3) is 0 Å². The van der Waals surface area contributed by atoms with Gasteiger partial charge in [-0.25, -0.2) is 0 Å². The van der Waals surface area contributed by atoms with Crippen LogP contribution in [0.4, 0.5) is 24.7 Å². The number of nitrogens with two attached hydrogens (primary N) is 1. The van der Waals surface area contributed by atoms with Gasteiger partial charge in [0.15, 0.2) is 5.82 Å². The van der Waals surface area contributed by atoms with Gasteiger partial charge < -0.3 is 21.1 Å². The lowest BCUT2D eigenvalue weighted by atomic mass is 9.81. The van der Waals surface area contributed by atoms with Crippen LogP contribution in [0.15, 0.2) is 30.5 Å². The molecule has 2 fully saturated rings. The molecule has 11 heteroatoms. The molecule has 0 unspecified atom stereocenters. The van der Waals surface area contributed by atoms with Crippen LogP contribution < -0.4 is 16.4 Å². The molecule has 2 heterocycles. The van der Waals surface area contributed by atoms with Crippen molar-refractivity contribution >= 4 is 17.4 Å². The Balaban J connectivity index is 1.47. The summed E-state index contributed by atoms with van der Waals surface area (Å²) in [6.07, 6.45) is -0.770. The number of hydrogen-bond donors (Lipinski definition) is 3. The molecule has 34 heavy (non-hydrogen) atoms. The molecule has 4 rings (SSSR count). The molecule has 0 bridgehead atoms. The van der Waals surface area contributed by atoms with E-state index in [1.807, 2.05) is 0 Å². The summed E-state index contributed by atoms with van der Waals surface area (Å²) in [4.78, 5) is 12.0. The number of hydrogen-bond acceptors (Lipinski definition) is 6. The van der Waals surface area contributed by atoms with Gasteiger partial charge in [-0.05, 0) is 43.5 Å². The number of anilines is 2. The van der Waals surface area contributed by atoms with Crippen molar-refractivity contribution in [2.45, 2.75) is 44.4 Å². The summed E-state index contributed by atoms with van der Waals surface area (Å²) in [6.45, 7) is 4.45. The van der Waals surface area contributed by atoms with Gasteiger partial charge in [-0.1, -0.05) is 6.92 Å². The molecule has 0 spiro atoms. The fourth-order valence-corrected chi connectivity index (χ4v) is 4.45. The van der Waals surface area contributed by atoms with E-state index in [1.165, 1.54) is 18.3 Å². The van der Waals surface area contributed by atoms with E-state index in [1.54, 1.807) is 4.68 Å². The highest BCUT2D eigenvalue weighted by Gasteiger charge is 2.37. The number of nitriles is 1. The molecule has 3 atom stereocenters. The van der Waals surface area contributed by atoms with Crippen LogP contribution >= 0.6 is 0 Å². The van der Waals surface area contributed by atoms with Crippen LogP contribution in [0, 0.1) is 22.7 Å². The number of primary amides is 1. The molecular formula is C23H27F3N6O2. The van der Waals surface area contributed by atoms with Crippen molar-refractivity contribution in [3.8, 4) is 6.07 Å². The quantitative estimate of drug-likeness (QED) is 0.562. The Labute approximate surface area is 195 Å². The fourth-order valence-electron chi connectivity index (χ4n) is 4.45. The van der Waals surface area contributed by atoms with Crippen molar-refractivity contribution in [3.05, 3.63) is 41.6 Å². The third-order valence-corrected chi connectivity index (χ3v) is 6.51. The number of ether oxygens (including phenoxy) is 1. The largest absolute Gasteiger partial charge is 0.416 e. The minimum Gasteiger partial charge on any atom is -0.380 e. The molecule has 1 aliphatic heterocycles. The van der Waals surface area contributed by atoms with E-state index >= 15 is 0 Å². The molecule has 2 aliphatic rings. The van der Waals surface area contributed by atoms with Crippen LogP contribution in [0.5, 0.6) is 0 Å². The lowest BCUT2D eigenvalue weighted by Gasteiger charge is -2.41. The summed E-state index contributed by atoms with van der Waals surface area (Å²) >= 11 is 0. The van der Waals surface area contributed by atoms with Crippen LogP contribution in [-0.4, -0.2) is 41.5 Å². The van der Waals surface area contributed by atoms with Crippen LogP contribution in [0.1, 0.15) is 48.1 Å². The van der Waals surface area contributed by atoms with Crippen molar-refractivity contribution < 1.29 is 22.7 Å². The second-order valence-electron chi connectivity index (χ2n) is 9.43. The van der Waals surface area contributed by atoms with Crippen molar-refractivity contribution in [2.24, 2.45) is 17.1 Å². The first-order valence-corrected chi connectivity index (χ1v) is 11.1. The second kappa shape index (κ2) is 9.27. The Morgan fingerprint density at radius 2 is 2.03 bits per heavy atom. The van der Waals surface area contributed by atoms with Gasteiger partial charge in [-0.15, -0.1) is 0 Å². The van der Waals surface area contributed by atoms with Crippen molar-refractivity contribution in [1.82, 2.24) is 15.1 Å². The maximum atomic E-state index is 12.8. The summed E-state index contributed by atoms with van der Waals surface area (Å²) in [5.41, 5.74) is 5.31. The third kappa shape index (κ3) is 5.18. The zero-order chi connectivity index (χ0) is 24.5. The van der Waals surface area contributed by atoms with E-state index in [4.69, 9.17) is 10.5 Å². The number of nitrogens with zero attached hydrogens (tertiary/aromatic N) is 3. The van der Waals surface area contributed by atoms with E-state index in [9.17, 15) is 23.2 Å². The zero-order valence-electron chi connectivity index (χ0n) is 18.7. The van der Waals surface area contributed by atoms with Gasteiger partial charge in [0.25, 0.3) is 5.91 Å².